The molecule has 1 unspecified atom stereocenters. The highest BCUT2D eigenvalue weighted by Crippen LogP contribution is 2.23. The largest absolute Gasteiger partial charge is 0.491 e. The third-order valence-corrected chi connectivity index (χ3v) is 5.71. The van der Waals surface area contributed by atoms with Crippen molar-refractivity contribution in [1.82, 2.24) is 15.3 Å². The zero-order valence-corrected chi connectivity index (χ0v) is 18.7. The molecule has 154 valence electrons. The van der Waals surface area contributed by atoms with E-state index in [-0.39, 0.29) is 6.61 Å². The normalized spacial score (nSPS) is 12.2. The molecule has 1 atom stereocenters. The van der Waals surface area contributed by atoms with Crippen LogP contribution in [0.3, 0.4) is 0 Å². The van der Waals surface area contributed by atoms with Gasteiger partial charge in [0.1, 0.15) is 28.9 Å². The van der Waals surface area contributed by atoms with Crippen LogP contribution in [0, 0.1) is 20.8 Å². The zero-order valence-electron chi connectivity index (χ0n) is 17.1. The van der Waals surface area contributed by atoms with Crippen molar-refractivity contribution in [2.75, 3.05) is 19.7 Å². The molecule has 0 aliphatic heterocycles. The number of aliphatic hydroxyl groups excluding tert-OH is 1. The molecule has 0 amide bonds. The first-order valence-electron chi connectivity index (χ1n) is 9.82. The monoisotopic (exact) mass is 457 g/mol. The van der Waals surface area contributed by atoms with Crippen LogP contribution in [-0.4, -0.2) is 40.9 Å². The smallest absolute Gasteiger partial charge is 0.138 e. The van der Waals surface area contributed by atoms with E-state index in [1.54, 1.807) is 0 Å². The van der Waals surface area contributed by atoms with Gasteiger partial charge in [0.25, 0.3) is 0 Å². The van der Waals surface area contributed by atoms with Gasteiger partial charge in [-0.3, -0.25) is 0 Å². The topological polar surface area (TPSA) is 70.2 Å². The van der Waals surface area contributed by atoms with Gasteiger partial charge in [0.05, 0.1) is 0 Å². The summed E-state index contributed by atoms with van der Waals surface area (Å²) in [4.78, 5) is 7.66. The summed E-state index contributed by atoms with van der Waals surface area (Å²) in [7, 11) is 0. The molecule has 0 aliphatic carbocycles. The van der Waals surface area contributed by atoms with Crippen LogP contribution in [0.2, 0.25) is 0 Å². The first-order chi connectivity index (χ1) is 13.9. The van der Waals surface area contributed by atoms with E-state index in [9.17, 15) is 5.11 Å². The Morgan fingerprint density at radius 3 is 2.52 bits per heavy atom. The number of nitrogens with zero attached hydrogens (tertiary/aromatic N) is 1. The van der Waals surface area contributed by atoms with Gasteiger partial charge in [0, 0.05) is 17.8 Å². The molecular formula is C23H28BrN3O2. The molecule has 6 heteroatoms. The number of aliphatic hydroxyl groups is 1. The molecule has 3 aromatic rings. The number of aromatic nitrogens is 2. The van der Waals surface area contributed by atoms with Crippen LogP contribution in [0.25, 0.3) is 11.4 Å². The number of imidazole rings is 1. The highest BCUT2D eigenvalue weighted by molar-refractivity contribution is 9.10. The fourth-order valence-corrected chi connectivity index (χ4v) is 3.27. The van der Waals surface area contributed by atoms with Crippen molar-refractivity contribution in [2.24, 2.45) is 0 Å². The molecule has 0 saturated carbocycles. The SMILES string of the molecule is Cc1ccc(CCNCC(O)COc2ccc(-c3nc(Br)c(C)[nH]3)cc2)cc1C. The van der Waals surface area contributed by atoms with E-state index in [4.69, 9.17) is 4.74 Å². The minimum atomic E-state index is -0.557. The maximum absolute atomic E-state index is 10.1. The first-order valence-corrected chi connectivity index (χ1v) is 10.6. The van der Waals surface area contributed by atoms with E-state index in [0.29, 0.717) is 6.54 Å². The maximum Gasteiger partial charge on any atom is 0.138 e. The third kappa shape index (κ3) is 6.16. The number of aryl methyl sites for hydroxylation is 3. The molecule has 0 bridgehead atoms. The van der Waals surface area contributed by atoms with Crippen LogP contribution < -0.4 is 10.1 Å². The lowest BCUT2D eigenvalue weighted by Crippen LogP contribution is -2.32. The van der Waals surface area contributed by atoms with Crippen LogP contribution in [0.15, 0.2) is 47.1 Å². The van der Waals surface area contributed by atoms with Crippen molar-refractivity contribution in [1.29, 1.82) is 0 Å². The molecule has 0 fully saturated rings. The van der Waals surface area contributed by atoms with Gasteiger partial charge in [-0.2, -0.15) is 0 Å². The predicted octanol–water partition coefficient (Wildman–Crippen LogP) is 4.34. The summed E-state index contributed by atoms with van der Waals surface area (Å²) in [5, 5.41) is 13.4. The van der Waals surface area contributed by atoms with Gasteiger partial charge in [0.2, 0.25) is 0 Å². The van der Waals surface area contributed by atoms with Crippen LogP contribution in [-0.2, 0) is 6.42 Å². The van der Waals surface area contributed by atoms with Gasteiger partial charge in [-0.05, 0) is 90.6 Å². The molecule has 1 heterocycles. The Balaban J connectivity index is 1.38. The van der Waals surface area contributed by atoms with Gasteiger partial charge < -0.3 is 20.1 Å². The van der Waals surface area contributed by atoms with Crippen LogP contribution in [0.4, 0.5) is 0 Å². The summed E-state index contributed by atoms with van der Waals surface area (Å²) in [6.07, 6.45) is 0.386. The fraction of sp³-hybridized carbons (Fsp3) is 0.348. The van der Waals surface area contributed by atoms with Crippen molar-refractivity contribution in [3.63, 3.8) is 0 Å². The van der Waals surface area contributed by atoms with E-state index < -0.39 is 6.10 Å². The Morgan fingerprint density at radius 1 is 1.10 bits per heavy atom. The molecule has 3 rings (SSSR count). The van der Waals surface area contributed by atoms with E-state index in [1.165, 1.54) is 16.7 Å². The molecule has 0 radical (unpaired) electrons. The number of H-pyrrole nitrogens is 1. The van der Waals surface area contributed by atoms with Gasteiger partial charge in [-0.15, -0.1) is 0 Å². The van der Waals surface area contributed by atoms with Crippen LogP contribution >= 0.6 is 15.9 Å². The summed E-state index contributed by atoms with van der Waals surface area (Å²) in [5.74, 6) is 1.54. The van der Waals surface area contributed by atoms with Crippen molar-refractivity contribution < 1.29 is 9.84 Å². The Labute approximate surface area is 180 Å². The van der Waals surface area contributed by atoms with Crippen molar-refractivity contribution in [2.45, 2.75) is 33.3 Å². The second kappa shape index (κ2) is 10.1. The number of hydrogen-bond acceptors (Lipinski definition) is 4. The quantitative estimate of drug-likeness (QED) is 0.418. The van der Waals surface area contributed by atoms with Crippen molar-refractivity contribution >= 4 is 15.9 Å². The van der Waals surface area contributed by atoms with Crippen LogP contribution in [0.5, 0.6) is 5.75 Å². The lowest BCUT2D eigenvalue weighted by Gasteiger charge is -2.14. The fourth-order valence-electron chi connectivity index (χ4n) is 3.00. The lowest BCUT2D eigenvalue weighted by atomic mass is 10.0. The van der Waals surface area contributed by atoms with Gasteiger partial charge in [-0.25, -0.2) is 4.98 Å². The Morgan fingerprint density at radius 2 is 1.86 bits per heavy atom. The van der Waals surface area contributed by atoms with Gasteiger partial charge in [0.15, 0.2) is 0 Å². The molecule has 5 nitrogen and oxygen atoms in total. The molecular weight excluding hydrogens is 430 g/mol. The summed E-state index contributed by atoms with van der Waals surface area (Å²) < 4.78 is 6.52. The molecule has 0 spiro atoms. The third-order valence-electron chi connectivity index (χ3n) is 4.94. The number of halogens is 1. The van der Waals surface area contributed by atoms with E-state index in [1.807, 2.05) is 31.2 Å². The number of hydrogen-bond donors (Lipinski definition) is 3. The summed E-state index contributed by atoms with van der Waals surface area (Å²) in [6.45, 7) is 7.80. The van der Waals surface area contributed by atoms with E-state index >= 15 is 0 Å². The minimum Gasteiger partial charge on any atom is -0.491 e. The molecule has 3 N–H and O–H groups in total. The zero-order chi connectivity index (χ0) is 20.8. The molecule has 1 aromatic heterocycles. The number of aromatic amines is 1. The standard InChI is InChI=1S/C23H28BrN3O2/c1-15-4-5-18(12-16(15)2)10-11-25-13-20(28)14-29-21-8-6-19(7-9-21)23-26-17(3)22(24)27-23/h4-9,12,20,25,28H,10-11,13-14H2,1-3H3,(H,26,27). The van der Waals surface area contributed by atoms with Crippen LogP contribution in [0.1, 0.15) is 22.4 Å². The summed E-state index contributed by atoms with van der Waals surface area (Å²) in [5.41, 5.74) is 5.92. The second-order valence-corrected chi connectivity index (χ2v) is 8.11. The van der Waals surface area contributed by atoms with Crippen molar-refractivity contribution in [3.05, 3.63) is 69.5 Å². The highest BCUT2D eigenvalue weighted by atomic mass is 79.9. The highest BCUT2D eigenvalue weighted by Gasteiger charge is 2.08. The lowest BCUT2D eigenvalue weighted by molar-refractivity contribution is 0.106. The predicted molar refractivity (Wildman–Crippen MR) is 120 cm³/mol. The Bertz CT molecular complexity index is 918. The number of nitrogens with one attached hydrogen (secondary N) is 2. The number of rotatable bonds is 9. The summed E-state index contributed by atoms with van der Waals surface area (Å²) >= 11 is 3.41. The second-order valence-electron chi connectivity index (χ2n) is 7.36. The van der Waals surface area contributed by atoms with E-state index in [0.717, 1.165) is 40.4 Å². The molecule has 2 aromatic carbocycles. The minimum absolute atomic E-state index is 0.251. The number of ether oxygens (including phenoxy) is 1. The number of benzene rings is 2. The average Bonchev–Trinajstić information content (AvgIpc) is 3.05. The first kappa shape index (κ1) is 21.6. The van der Waals surface area contributed by atoms with Gasteiger partial charge >= 0.3 is 0 Å². The Hall–Kier alpha value is -2.15. The Kier molecular flexibility index (Phi) is 7.47. The molecule has 29 heavy (non-hydrogen) atoms. The van der Waals surface area contributed by atoms with Crippen molar-refractivity contribution in [3.8, 4) is 17.1 Å². The molecule has 0 saturated heterocycles. The summed E-state index contributed by atoms with van der Waals surface area (Å²) in [6, 6.07) is 14.2. The average molecular weight is 458 g/mol. The maximum atomic E-state index is 10.1. The molecule has 0 aliphatic rings. The van der Waals surface area contributed by atoms with E-state index in [2.05, 4.69) is 63.3 Å². The van der Waals surface area contributed by atoms with Gasteiger partial charge in [-0.1, -0.05) is 18.2 Å².